The number of carbonyl (C=O) groups is 2. The quantitative estimate of drug-likeness (QED) is 0.546. The second kappa shape index (κ2) is 6.72. The number of ether oxygens (including phenoxy) is 2. The molecule has 5 aliphatic rings. The highest BCUT2D eigenvalue weighted by Crippen LogP contribution is 2.61. The second-order valence-electron chi connectivity index (χ2n) is 11.8. The van der Waals surface area contributed by atoms with Crippen LogP contribution >= 0.6 is 0 Å². The van der Waals surface area contributed by atoms with Crippen molar-refractivity contribution in [3.8, 4) is 5.75 Å². The number of hydrogen-bond acceptors (Lipinski definition) is 5. The van der Waals surface area contributed by atoms with Crippen molar-refractivity contribution in [1.82, 2.24) is 5.43 Å². The lowest BCUT2D eigenvalue weighted by Crippen LogP contribution is -2.47. The van der Waals surface area contributed by atoms with Crippen LogP contribution in [0.1, 0.15) is 47.0 Å². The van der Waals surface area contributed by atoms with Gasteiger partial charge in [0.15, 0.2) is 0 Å². The van der Waals surface area contributed by atoms with Crippen LogP contribution in [0, 0.1) is 28.6 Å². The Morgan fingerprint density at radius 2 is 1.91 bits per heavy atom. The molecular weight excluding hydrogens is 430 g/mol. The van der Waals surface area contributed by atoms with E-state index in [0.717, 1.165) is 30.0 Å². The normalized spacial score (nSPS) is 42.0. The monoisotopic (exact) mass is 463 g/mol. The van der Waals surface area contributed by atoms with E-state index < -0.39 is 23.0 Å². The Labute approximate surface area is 200 Å². The van der Waals surface area contributed by atoms with E-state index in [9.17, 15) is 9.59 Å². The molecule has 180 valence electrons. The van der Waals surface area contributed by atoms with Gasteiger partial charge < -0.3 is 14.4 Å². The van der Waals surface area contributed by atoms with Gasteiger partial charge in [-0.15, -0.1) is 0 Å². The lowest BCUT2D eigenvalue weighted by atomic mass is 9.71. The molecule has 0 radical (unpaired) electrons. The summed E-state index contributed by atoms with van der Waals surface area (Å²) in [5.41, 5.74) is 3.17. The molecule has 6 rings (SSSR count). The molecule has 3 aliphatic heterocycles. The van der Waals surface area contributed by atoms with Crippen LogP contribution in [0.15, 0.2) is 41.5 Å². The summed E-state index contributed by atoms with van der Waals surface area (Å²) in [7, 11) is 1.61. The molecule has 1 N–H and O–H groups in total. The van der Waals surface area contributed by atoms with Crippen molar-refractivity contribution < 1.29 is 19.1 Å². The van der Waals surface area contributed by atoms with Crippen molar-refractivity contribution in [2.24, 2.45) is 33.7 Å². The number of carbonyl (C=O) groups excluding carboxylic acids is 2. The van der Waals surface area contributed by atoms with E-state index in [2.05, 4.69) is 26.2 Å². The number of nitrogens with one attached hydrogen (secondary N) is 1. The smallest absolute Gasteiger partial charge is 0.247 e. The average molecular weight is 464 g/mol. The maximum atomic E-state index is 13.7. The largest absolute Gasteiger partial charge is 0.497 e. The van der Waals surface area contributed by atoms with Gasteiger partial charge >= 0.3 is 0 Å². The van der Waals surface area contributed by atoms with Crippen LogP contribution in [-0.2, 0) is 14.3 Å². The van der Waals surface area contributed by atoms with E-state index in [1.807, 2.05) is 43.3 Å². The Balaban J connectivity index is 1.28. The van der Waals surface area contributed by atoms with Crippen LogP contribution in [-0.4, -0.2) is 42.4 Å². The molecule has 1 spiro atoms. The zero-order chi connectivity index (χ0) is 24.1. The summed E-state index contributed by atoms with van der Waals surface area (Å²) < 4.78 is 11.7. The minimum Gasteiger partial charge on any atom is -0.497 e. The fourth-order valence-corrected chi connectivity index (χ4v) is 7.65. The van der Waals surface area contributed by atoms with Gasteiger partial charge in [0.05, 0.1) is 36.8 Å². The van der Waals surface area contributed by atoms with E-state index in [4.69, 9.17) is 14.6 Å². The molecule has 4 bridgehead atoms. The number of methoxy groups -OCH3 is 1. The van der Waals surface area contributed by atoms with E-state index in [1.54, 1.807) is 12.0 Å². The third-order valence-electron chi connectivity index (χ3n) is 9.41. The summed E-state index contributed by atoms with van der Waals surface area (Å²) in [4.78, 5) is 29.0. The first-order valence-electron chi connectivity index (χ1n) is 12.3. The summed E-state index contributed by atoms with van der Waals surface area (Å²) in [6.45, 7) is 9.03. The fraction of sp³-hybridized carbons (Fsp3) is 0.593. The van der Waals surface area contributed by atoms with Gasteiger partial charge in [-0.2, -0.15) is 5.10 Å². The molecule has 1 aromatic carbocycles. The molecule has 2 amide bonds. The summed E-state index contributed by atoms with van der Waals surface area (Å²) in [6, 6.07) is 7.40. The first kappa shape index (κ1) is 21.8. The molecule has 3 heterocycles. The van der Waals surface area contributed by atoms with Crippen LogP contribution in [0.5, 0.6) is 5.75 Å². The molecule has 4 fully saturated rings. The van der Waals surface area contributed by atoms with E-state index in [-0.39, 0.29) is 22.6 Å². The van der Waals surface area contributed by atoms with Gasteiger partial charge in [0, 0.05) is 16.5 Å². The highest BCUT2D eigenvalue weighted by molar-refractivity contribution is 6.04. The van der Waals surface area contributed by atoms with Gasteiger partial charge in [0.2, 0.25) is 11.8 Å². The number of anilines is 1. The van der Waals surface area contributed by atoms with Gasteiger partial charge in [-0.3, -0.25) is 9.59 Å². The predicted octanol–water partition coefficient (Wildman–Crippen LogP) is 3.69. The molecule has 2 aliphatic carbocycles. The molecule has 2 saturated heterocycles. The van der Waals surface area contributed by atoms with Gasteiger partial charge in [-0.25, -0.2) is 5.43 Å². The number of nitrogens with zero attached hydrogens (tertiary/aromatic N) is 2. The van der Waals surface area contributed by atoms with E-state index in [0.29, 0.717) is 12.5 Å². The lowest BCUT2D eigenvalue weighted by molar-refractivity contribution is -0.133. The molecule has 4 unspecified atom stereocenters. The van der Waals surface area contributed by atoms with Crippen molar-refractivity contribution in [2.75, 3.05) is 18.6 Å². The third kappa shape index (κ3) is 2.70. The maximum Gasteiger partial charge on any atom is 0.247 e. The highest BCUT2D eigenvalue weighted by atomic mass is 16.5. The standard InChI is InChI=1S/C27H33N3O4/c1-24(2)16-10-11-25(3,14-16)23(24)29-28-21(31)19-20-22(32)30(17-6-8-18(33-5)9-7-17)15-27(20)13-12-26(19,4)34-27/h6-9,12-13,16,19-20H,10-11,14-15H2,1-5H3,(H,28,31)/b29-23+/t16-,19?,20?,25+,26?,27?/m0/s1. The molecule has 34 heavy (non-hydrogen) atoms. The summed E-state index contributed by atoms with van der Waals surface area (Å²) in [5.74, 6) is -0.193. The minimum atomic E-state index is -0.815. The zero-order valence-electron chi connectivity index (χ0n) is 20.6. The number of fused-ring (bicyclic) bond motifs is 3. The molecule has 0 aromatic heterocycles. The van der Waals surface area contributed by atoms with Gasteiger partial charge in [-0.05, 0) is 56.4 Å². The van der Waals surface area contributed by atoms with Crippen LogP contribution in [0.2, 0.25) is 0 Å². The van der Waals surface area contributed by atoms with Crippen molar-refractivity contribution in [2.45, 2.75) is 58.2 Å². The molecule has 1 aromatic rings. The van der Waals surface area contributed by atoms with Crippen molar-refractivity contribution in [3.63, 3.8) is 0 Å². The number of amides is 2. The molecule has 7 heteroatoms. The Morgan fingerprint density at radius 3 is 2.56 bits per heavy atom. The maximum absolute atomic E-state index is 13.7. The van der Waals surface area contributed by atoms with Crippen LogP contribution < -0.4 is 15.1 Å². The van der Waals surface area contributed by atoms with Crippen LogP contribution in [0.4, 0.5) is 5.69 Å². The van der Waals surface area contributed by atoms with E-state index >= 15 is 0 Å². The first-order valence-corrected chi connectivity index (χ1v) is 12.3. The molecule has 6 atom stereocenters. The Hall–Kier alpha value is -2.67. The summed E-state index contributed by atoms with van der Waals surface area (Å²) in [5, 5.41) is 4.72. The topological polar surface area (TPSA) is 80.2 Å². The van der Waals surface area contributed by atoms with Gasteiger partial charge in [-0.1, -0.05) is 32.9 Å². The highest BCUT2D eigenvalue weighted by Gasteiger charge is 2.71. The lowest BCUT2D eigenvalue weighted by Gasteiger charge is -2.35. The number of benzene rings is 1. The SMILES string of the molecule is COc1ccc(N2CC34C=CC(C)(O3)C(C(=O)N/N=C3\C(C)(C)[C@H]5CC[C@]3(C)C5)C4C2=O)cc1. The summed E-state index contributed by atoms with van der Waals surface area (Å²) >= 11 is 0. The van der Waals surface area contributed by atoms with Crippen LogP contribution in [0.25, 0.3) is 0 Å². The minimum absolute atomic E-state index is 0.0230. The molecule has 2 saturated carbocycles. The number of hydrogen-bond donors (Lipinski definition) is 1. The van der Waals surface area contributed by atoms with Crippen molar-refractivity contribution in [3.05, 3.63) is 36.4 Å². The first-order chi connectivity index (χ1) is 16.0. The van der Waals surface area contributed by atoms with Crippen LogP contribution in [0.3, 0.4) is 0 Å². The Kier molecular flexibility index (Phi) is 4.31. The zero-order valence-corrected chi connectivity index (χ0v) is 20.6. The molecular formula is C27H33N3O4. The summed E-state index contributed by atoms with van der Waals surface area (Å²) in [6.07, 6.45) is 7.39. The second-order valence-corrected chi connectivity index (χ2v) is 11.8. The average Bonchev–Trinajstić information content (AvgIpc) is 3.53. The van der Waals surface area contributed by atoms with Gasteiger partial charge in [0.1, 0.15) is 11.4 Å². The number of rotatable bonds is 4. The number of hydrazone groups is 1. The fourth-order valence-electron chi connectivity index (χ4n) is 7.65. The molecule has 7 nitrogen and oxygen atoms in total. The van der Waals surface area contributed by atoms with Gasteiger partial charge in [0.25, 0.3) is 0 Å². The van der Waals surface area contributed by atoms with Crippen molar-refractivity contribution in [1.29, 1.82) is 0 Å². The third-order valence-corrected chi connectivity index (χ3v) is 9.41. The predicted molar refractivity (Wildman–Crippen MR) is 128 cm³/mol. The van der Waals surface area contributed by atoms with E-state index in [1.165, 1.54) is 6.42 Å². The Morgan fingerprint density at radius 1 is 1.18 bits per heavy atom. The van der Waals surface area contributed by atoms with Crippen molar-refractivity contribution >= 4 is 23.2 Å². The Bertz CT molecular complexity index is 1130.